The summed E-state index contributed by atoms with van der Waals surface area (Å²) in [5, 5.41) is 6.88. The van der Waals surface area contributed by atoms with Crippen LogP contribution in [0.4, 0.5) is 0 Å². The third-order valence-corrected chi connectivity index (χ3v) is 5.69. The van der Waals surface area contributed by atoms with Crippen LogP contribution < -0.4 is 4.90 Å². The zero-order valence-electron chi connectivity index (χ0n) is 15.2. The quantitative estimate of drug-likeness (QED) is 0.670. The van der Waals surface area contributed by atoms with E-state index in [1.165, 1.54) is 26.5 Å². The standard InChI is InChI=1S/C19H24N4S2/c1-5-22-18(17-7-6-10-25-17)20-23(19(22)24)13-21(4)12-16-9-8-14(2)11-15(16)3/h6-11H,5,12-13H2,1-4H3/p+1. The fraction of sp³-hybridized carbons (Fsp3) is 0.368. The van der Waals surface area contributed by atoms with E-state index in [1.807, 2.05) is 4.68 Å². The van der Waals surface area contributed by atoms with E-state index < -0.39 is 0 Å². The highest BCUT2D eigenvalue weighted by Gasteiger charge is 2.15. The van der Waals surface area contributed by atoms with E-state index >= 15 is 0 Å². The third-order valence-electron chi connectivity index (χ3n) is 4.39. The number of benzene rings is 1. The van der Waals surface area contributed by atoms with Gasteiger partial charge in [0, 0.05) is 12.1 Å². The minimum atomic E-state index is 0.761. The zero-order chi connectivity index (χ0) is 18.0. The number of rotatable bonds is 6. The number of hydrogen-bond acceptors (Lipinski definition) is 3. The maximum absolute atomic E-state index is 5.67. The Bertz CT molecular complexity index is 906. The largest absolute Gasteiger partial charge is 0.315 e. The molecule has 0 radical (unpaired) electrons. The highest BCUT2D eigenvalue weighted by atomic mass is 32.1. The van der Waals surface area contributed by atoms with Crippen LogP contribution in [0.5, 0.6) is 0 Å². The molecule has 2 aromatic heterocycles. The molecular weight excluding hydrogens is 348 g/mol. The SMILES string of the molecule is CCn1c(-c2cccs2)nn(C[NH+](C)Cc2ccc(C)cc2C)c1=S. The van der Waals surface area contributed by atoms with Gasteiger partial charge in [0.1, 0.15) is 6.54 Å². The first-order chi connectivity index (χ1) is 12.0. The first-order valence-electron chi connectivity index (χ1n) is 8.58. The van der Waals surface area contributed by atoms with Gasteiger partial charge in [-0.25, -0.2) is 0 Å². The molecule has 0 aliphatic carbocycles. The van der Waals surface area contributed by atoms with Gasteiger partial charge in [0.2, 0.25) is 4.77 Å². The van der Waals surface area contributed by atoms with Crippen LogP contribution >= 0.6 is 23.6 Å². The molecule has 132 valence electrons. The molecule has 0 aliphatic rings. The van der Waals surface area contributed by atoms with Gasteiger partial charge in [-0.05, 0) is 50.0 Å². The molecule has 6 heteroatoms. The van der Waals surface area contributed by atoms with Crippen LogP contribution in [0.3, 0.4) is 0 Å². The summed E-state index contributed by atoms with van der Waals surface area (Å²) in [5.41, 5.74) is 4.03. The molecular formula is C19H25N4S2+. The molecule has 0 aliphatic heterocycles. The van der Waals surface area contributed by atoms with Gasteiger partial charge in [0.15, 0.2) is 12.5 Å². The second-order valence-corrected chi connectivity index (χ2v) is 7.86. The maximum Gasteiger partial charge on any atom is 0.203 e. The van der Waals surface area contributed by atoms with Gasteiger partial charge in [-0.3, -0.25) is 4.57 Å². The average molecular weight is 374 g/mol. The molecule has 0 saturated heterocycles. The van der Waals surface area contributed by atoms with Crippen molar-refractivity contribution in [2.75, 3.05) is 7.05 Å². The van der Waals surface area contributed by atoms with Crippen LogP contribution in [0.25, 0.3) is 10.7 Å². The minimum absolute atomic E-state index is 0.761. The summed E-state index contributed by atoms with van der Waals surface area (Å²) >= 11 is 7.37. The smallest absolute Gasteiger partial charge is 0.203 e. The molecule has 0 amide bonds. The van der Waals surface area contributed by atoms with Crippen LogP contribution in [0.2, 0.25) is 0 Å². The van der Waals surface area contributed by atoms with Gasteiger partial charge >= 0.3 is 0 Å². The Labute approximate surface area is 158 Å². The van der Waals surface area contributed by atoms with Crippen LogP contribution in [0.15, 0.2) is 35.7 Å². The number of aryl methyl sites for hydroxylation is 2. The monoisotopic (exact) mass is 373 g/mol. The molecule has 1 unspecified atom stereocenters. The molecule has 0 bridgehead atoms. The normalized spacial score (nSPS) is 12.5. The van der Waals surface area contributed by atoms with Crippen molar-refractivity contribution in [3.63, 3.8) is 0 Å². The van der Waals surface area contributed by atoms with Crippen molar-refractivity contribution in [2.24, 2.45) is 0 Å². The van der Waals surface area contributed by atoms with Gasteiger partial charge < -0.3 is 4.90 Å². The molecule has 0 saturated carbocycles. The molecule has 1 aromatic carbocycles. The van der Waals surface area contributed by atoms with E-state index in [4.69, 9.17) is 17.3 Å². The van der Waals surface area contributed by atoms with E-state index in [-0.39, 0.29) is 0 Å². The van der Waals surface area contributed by atoms with Crippen molar-refractivity contribution in [1.29, 1.82) is 0 Å². The Morgan fingerprint density at radius 1 is 1.24 bits per heavy atom. The van der Waals surface area contributed by atoms with Crippen LogP contribution in [-0.2, 0) is 19.8 Å². The molecule has 3 rings (SSSR count). The molecule has 0 spiro atoms. The van der Waals surface area contributed by atoms with Gasteiger partial charge in [-0.15, -0.1) is 16.4 Å². The number of nitrogens with zero attached hydrogens (tertiary/aromatic N) is 3. The lowest BCUT2D eigenvalue weighted by molar-refractivity contribution is -0.917. The summed E-state index contributed by atoms with van der Waals surface area (Å²) < 4.78 is 4.88. The van der Waals surface area contributed by atoms with Gasteiger partial charge in [-0.2, -0.15) is 4.68 Å². The average Bonchev–Trinajstić information content (AvgIpc) is 3.19. The van der Waals surface area contributed by atoms with Gasteiger partial charge in [0.25, 0.3) is 0 Å². The summed E-state index contributed by atoms with van der Waals surface area (Å²) in [6, 6.07) is 10.8. The van der Waals surface area contributed by atoms with Crippen molar-refractivity contribution >= 4 is 23.6 Å². The fourth-order valence-electron chi connectivity index (χ4n) is 3.10. The second-order valence-electron chi connectivity index (χ2n) is 6.55. The Kier molecular flexibility index (Phi) is 5.51. The van der Waals surface area contributed by atoms with Crippen molar-refractivity contribution in [1.82, 2.24) is 14.3 Å². The number of hydrogen-bond donors (Lipinski definition) is 1. The summed E-state index contributed by atoms with van der Waals surface area (Å²) in [6.45, 7) is 8.99. The van der Waals surface area contributed by atoms with Crippen LogP contribution in [-0.4, -0.2) is 21.4 Å². The van der Waals surface area contributed by atoms with Crippen molar-refractivity contribution < 1.29 is 4.90 Å². The summed E-state index contributed by atoms with van der Waals surface area (Å²) in [4.78, 5) is 2.53. The predicted octanol–water partition coefficient (Wildman–Crippen LogP) is 3.45. The van der Waals surface area contributed by atoms with Gasteiger partial charge in [-0.1, -0.05) is 29.8 Å². The van der Waals surface area contributed by atoms with E-state index in [0.717, 1.165) is 30.4 Å². The second kappa shape index (κ2) is 7.64. The van der Waals surface area contributed by atoms with E-state index in [2.05, 4.69) is 68.1 Å². The molecule has 3 aromatic rings. The molecule has 1 N–H and O–H groups in total. The van der Waals surface area contributed by atoms with Crippen molar-refractivity contribution in [3.05, 3.63) is 57.2 Å². The first-order valence-corrected chi connectivity index (χ1v) is 9.87. The number of aromatic nitrogens is 3. The lowest BCUT2D eigenvalue weighted by Crippen LogP contribution is -3.07. The summed E-state index contributed by atoms with van der Waals surface area (Å²) in [7, 11) is 2.19. The van der Waals surface area contributed by atoms with E-state index in [0.29, 0.717) is 0 Å². The molecule has 2 heterocycles. The summed E-state index contributed by atoms with van der Waals surface area (Å²) in [6.07, 6.45) is 0. The fourth-order valence-corrected chi connectivity index (χ4v) is 4.14. The Morgan fingerprint density at radius 2 is 2.04 bits per heavy atom. The van der Waals surface area contributed by atoms with E-state index in [1.54, 1.807) is 11.3 Å². The molecule has 0 fully saturated rings. The molecule has 1 atom stereocenters. The molecule has 4 nitrogen and oxygen atoms in total. The van der Waals surface area contributed by atoms with Crippen LogP contribution in [0.1, 0.15) is 23.6 Å². The van der Waals surface area contributed by atoms with Crippen molar-refractivity contribution in [3.8, 4) is 10.7 Å². The lowest BCUT2D eigenvalue weighted by Gasteiger charge is -2.15. The van der Waals surface area contributed by atoms with E-state index in [9.17, 15) is 0 Å². The predicted molar refractivity (Wildman–Crippen MR) is 107 cm³/mol. The minimum Gasteiger partial charge on any atom is -0.315 e. The van der Waals surface area contributed by atoms with Gasteiger partial charge in [0.05, 0.1) is 11.9 Å². The first kappa shape index (κ1) is 18.0. The summed E-state index contributed by atoms with van der Waals surface area (Å²) in [5.74, 6) is 0.974. The number of quaternary nitrogens is 1. The zero-order valence-corrected chi connectivity index (χ0v) is 16.9. The Balaban J connectivity index is 1.82. The Morgan fingerprint density at radius 3 is 2.68 bits per heavy atom. The highest BCUT2D eigenvalue weighted by Crippen LogP contribution is 2.23. The highest BCUT2D eigenvalue weighted by molar-refractivity contribution is 7.71. The molecule has 25 heavy (non-hydrogen) atoms. The maximum atomic E-state index is 5.67. The Hall–Kier alpha value is -1.76. The number of thiophene rings is 1. The van der Waals surface area contributed by atoms with Crippen LogP contribution in [0, 0.1) is 18.6 Å². The number of nitrogens with one attached hydrogen (secondary N) is 1. The third kappa shape index (κ3) is 3.92. The topological polar surface area (TPSA) is 27.2 Å². The van der Waals surface area contributed by atoms with Crippen molar-refractivity contribution in [2.45, 2.75) is 40.5 Å². The lowest BCUT2D eigenvalue weighted by atomic mass is 10.1.